The quantitative estimate of drug-likeness (QED) is 0.714. The van der Waals surface area contributed by atoms with Gasteiger partial charge in [-0.05, 0) is 31.2 Å². The van der Waals surface area contributed by atoms with Gasteiger partial charge in [-0.2, -0.15) is 10.4 Å². The zero-order valence-electron chi connectivity index (χ0n) is 13.7. The van der Waals surface area contributed by atoms with Crippen molar-refractivity contribution in [2.75, 3.05) is 17.6 Å². The normalized spacial score (nSPS) is 11.5. The monoisotopic (exact) mass is 359 g/mol. The predicted octanol–water partition coefficient (Wildman–Crippen LogP) is 2.11. The summed E-state index contributed by atoms with van der Waals surface area (Å²) in [6.45, 7) is 1.71. The molecule has 0 amide bonds. The first-order chi connectivity index (χ1) is 11.7. The number of anilines is 1. The molecule has 9 heteroatoms. The largest absolute Gasteiger partial charge is 0.271 e. The zero-order valence-corrected chi connectivity index (χ0v) is 14.5. The van der Waals surface area contributed by atoms with Crippen LogP contribution in [0, 0.1) is 24.1 Å². The lowest BCUT2D eigenvalue weighted by molar-refractivity contribution is 0.595. The van der Waals surface area contributed by atoms with Gasteiger partial charge in [-0.1, -0.05) is 0 Å². The van der Waals surface area contributed by atoms with E-state index in [9.17, 15) is 18.1 Å². The standard InChI is InChI=1S/C16H14FN5O2S/c1-10-12(9-18)14-6-7-19-16(22(14)20-10)11-4-5-13(17)15(8-11)21(2)25(3,23)24/h4-8H,1-3H3. The lowest BCUT2D eigenvalue weighted by Gasteiger charge is -2.18. The van der Waals surface area contributed by atoms with E-state index in [0.717, 1.165) is 10.6 Å². The summed E-state index contributed by atoms with van der Waals surface area (Å²) in [5.74, 6) is -0.288. The molecule has 25 heavy (non-hydrogen) atoms. The number of rotatable bonds is 3. The van der Waals surface area contributed by atoms with Crippen molar-refractivity contribution < 1.29 is 12.8 Å². The van der Waals surface area contributed by atoms with Crippen molar-refractivity contribution in [1.29, 1.82) is 5.26 Å². The minimum atomic E-state index is -3.62. The molecule has 0 aliphatic rings. The highest BCUT2D eigenvalue weighted by atomic mass is 32.2. The molecule has 7 nitrogen and oxygen atoms in total. The van der Waals surface area contributed by atoms with Crippen molar-refractivity contribution in [3.05, 3.63) is 47.5 Å². The Labute approximate surface area is 144 Å². The third-order valence-electron chi connectivity index (χ3n) is 3.88. The maximum absolute atomic E-state index is 14.1. The predicted molar refractivity (Wildman–Crippen MR) is 91.1 cm³/mol. The number of hydrogen-bond acceptors (Lipinski definition) is 5. The summed E-state index contributed by atoms with van der Waals surface area (Å²) in [6.07, 6.45) is 2.52. The van der Waals surface area contributed by atoms with Gasteiger partial charge in [0.15, 0.2) is 5.82 Å². The van der Waals surface area contributed by atoms with Crippen molar-refractivity contribution in [2.24, 2.45) is 0 Å². The minimum Gasteiger partial charge on any atom is -0.271 e. The Bertz CT molecular complexity index is 1130. The number of nitriles is 1. The number of sulfonamides is 1. The molecule has 2 heterocycles. The van der Waals surface area contributed by atoms with E-state index in [1.807, 2.05) is 0 Å². The molecule has 0 fully saturated rings. The molecular weight excluding hydrogens is 345 g/mol. The number of nitrogens with zero attached hydrogens (tertiary/aromatic N) is 5. The van der Waals surface area contributed by atoms with Crippen LogP contribution < -0.4 is 4.31 Å². The maximum atomic E-state index is 14.1. The fourth-order valence-corrected chi connectivity index (χ4v) is 3.00. The van der Waals surface area contributed by atoms with Crippen LogP contribution in [0.4, 0.5) is 10.1 Å². The first-order valence-corrected chi connectivity index (χ1v) is 9.07. The van der Waals surface area contributed by atoms with Crippen molar-refractivity contribution in [3.63, 3.8) is 0 Å². The topological polar surface area (TPSA) is 91.4 Å². The van der Waals surface area contributed by atoms with Crippen LogP contribution in [0.15, 0.2) is 30.5 Å². The van der Waals surface area contributed by atoms with Crippen molar-refractivity contribution in [3.8, 4) is 17.5 Å². The average Bonchev–Trinajstić information content (AvgIpc) is 2.89. The minimum absolute atomic E-state index is 0.0943. The number of hydrogen-bond donors (Lipinski definition) is 0. The van der Waals surface area contributed by atoms with Crippen molar-refractivity contribution >= 4 is 21.2 Å². The van der Waals surface area contributed by atoms with Crippen molar-refractivity contribution in [1.82, 2.24) is 14.6 Å². The Morgan fingerprint density at radius 1 is 1.32 bits per heavy atom. The summed E-state index contributed by atoms with van der Waals surface area (Å²) < 4.78 is 39.9. The van der Waals surface area contributed by atoms with Gasteiger partial charge in [-0.25, -0.2) is 22.3 Å². The van der Waals surface area contributed by atoms with Gasteiger partial charge in [0.1, 0.15) is 17.4 Å². The van der Waals surface area contributed by atoms with E-state index in [1.165, 1.54) is 36.0 Å². The molecule has 0 N–H and O–H groups in total. The fourth-order valence-electron chi connectivity index (χ4n) is 2.50. The van der Waals surface area contributed by atoms with Crippen LogP contribution in [0.3, 0.4) is 0 Å². The molecule has 3 rings (SSSR count). The molecule has 0 spiro atoms. The smallest absolute Gasteiger partial charge is 0.232 e. The van der Waals surface area contributed by atoms with E-state index in [4.69, 9.17) is 0 Å². The Balaban J connectivity index is 2.25. The van der Waals surface area contributed by atoms with E-state index >= 15 is 0 Å². The second-order valence-corrected chi connectivity index (χ2v) is 7.55. The van der Waals surface area contributed by atoms with E-state index in [0.29, 0.717) is 28.2 Å². The SMILES string of the molecule is Cc1nn2c(-c3ccc(F)c(N(C)S(C)(=O)=O)c3)nccc2c1C#N. The summed E-state index contributed by atoms with van der Waals surface area (Å²) in [7, 11) is -2.34. The average molecular weight is 359 g/mol. The number of fused-ring (bicyclic) bond motifs is 1. The molecule has 0 atom stereocenters. The van der Waals surface area contributed by atoms with Crippen molar-refractivity contribution in [2.45, 2.75) is 6.92 Å². The van der Waals surface area contributed by atoms with Crippen LogP contribution in [0.5, 0.6) is 0 Å². The molecule has 0 aliphatic carbocycles. The third kappa shape index (κ3) is 2.81. The van der Waals surface area contributed by atoms with Gasteiger partial charge < -0.3 is 0 Å². The molecule has 0 saturated heterocycles. The summed E-state index contributed by atoms with van der Waals surface area (Å²) >= 11 is 0. The highest BCUT2D eigenvalue weighted by Gasteiger charge is 2.19. The molecule has 128 valence electrons. The van der Waals surface area contributed by atoms with Crippen LogP contribution in [-0.4, -0.2) is 36.3 Å². The van der Waals surface area contributed by atoms with E-state index in [-0.39, 0.29) is 5.69 Å². The Morgan fingerprint density at radius 2 is 2.04 bits per heavy atom. The van der Waals surface area contributed by atoms with Gasteiger partial charge in [0.25, 0.3) is 0 Å². The van der Waals surface area contributed by atoms with Crippen LogP contribution in [0.1, 0.15) is 11.3 Å². The van der Waals surface area contributed by atoms with Gasteiger partial charge in [-0.3, -0.25) is 4.31 Å². The first kappa shape index (κ1) is 16.9. The molecule has 3 aromatic rings. The van der Waals surface area contributed by atoms with Crippen LogP contribution in [0.2, 0.25) is 0 Å². The van der Waals surface area contributed by atoms with Gasteiger partial charge in [0.05, 0.1) is 23.2 Å². The Hall–Kier alpha value is -2.99. The van der Waals surface area contributed by atoms with E-state index < -0.39 is 15.8 Å². The summed E-state index contributed by atoms with van der Waals surface area (Å²) in [6, 6.07) is 7.81. The second-order valence-electron chi connectivity index (χ2n) is 5.53. The van der Waals surface area contributed by atoms with E-state index in [2.05, 4.69) is 16.2 Å². The summed E-state index contributed by atoms with van der Waals surface area (Å²) in [5.41, 5.74) is 1.94. The number of halogens is 1. The molecule has 1 aromatic carbocycles. The Kier molecular flexibility index (Phi) is 3.93. The van der Waals surface area contributed by atoms with Gasteiger partial charge >= 0.3 is 0 Å². The number of aromatic nitrogens is 3. The summed E-state index contributed by atoms with van der Waals surface area (Å²) in [5, 5.41) is 13.6. The maximum Gasteiger partial charge on any atom is 0.232 e. The highest BCUT2D eigenvalue weighted by Crippen LogP contribution is 2.28. The van der Waals surface area contributed by atoms with Gasteiger partial charge in [-0.15, -0.1) is 0 Å². The molecule has 0 bridgehead atoms. The lowest BCUT2D eigenvalue weighted by atomic mass is 10.1. The molecule has 0 radical (unpaired) electrons. The lowest BCUT2D eigenvalue weighted by Crippen LogP contribution is -2.25. The molecule has 2 aromatic heterocycles. The molecule has 0 saturated carbocycles. The highest BCUT2D eigenvalue weighted by molar-refractivity contribution is 7.92. The third-order valence-corrected chi connectivity index (χ3v) is 5.07. The van der Waals surface area contributed by atoms with Gasteiger partial charge in [0, 0.05) is 18.8 Å². The van der Waals surface area contributed by atoms with Crippen LogP contribution in [0.25, 0.3) is 16.9 Å². The van der Waals surface area contributed by atoms with Gasteiger partial charge in [0.2, 0.25) is 10.0 Å². The Morgan fingerprint density at radius 3 is 2.68 bits per heavy atom. The zero-order chi connectivity index (χ0) is 18.4. The fraction of sp³-hybridized carbons (Fsp3) is 0.188. The van der Waals surface area contributed by atoms with Crippen LogP contribution >= 0.6 is 0 Å². The molecular formula is C16H14FN5O2S. The van der Waals surface area contributed by atoms with E-state index in [1.54, 1.807) is 13.0 Å². The molecule has 0 unspecified atom stereocenters. The number of benzene rings is 1. The van der Waals surface area contributed by atoms with Crippen LogP contribution in [-0.2, 0) is 10.0 Å². The number of aryl methyl sites for hydroxylation is 1. The molecule has 0 aliphatic heterocycles. The first-order valence-electron chi connectivity index (χ1n) is 7.22. The summed E-state index contributed by atoms with van der Waals surface area (Å²) in [4.78, 5) is 4.26. The second kappa shape index (κ2) is 5.82.